The number of nitrogens with one attached hydrogen (secondary N) is 2. The first-order chi connectivity index (χ1) is 18.2. The lowest BCUT2D eigenvalue weighted by Crippen LogP contribution is -2.46. The third kappa shape index (κ3) is 8.85. The summed E-state index contributed by atoms with van der Waals surface area (Å²) in [6.45, 7) is 8.65. The number of anilines is 3. The van der Waals surface area contributed by atoms with Crippen molar-refractivity contribution in [2.75, 3.05) is 61.0 Å². The van der Waals surface area contributed by atoms with Gasteiger partial charge in [-0.1, -0.05) is 5.21 Å². The van der Waals surface area contributed by atoms with Crippen LogP contribution in [0.1, 0.15) is 38.8 Å². The van der Waals surface area contributed by atoms with Crippen molar-refractivity contribution in [2.45, 2.75) is 64.4 Å². The van der Waals surface area contributed by atoms with Crippen LogP contribution < -0.4 is 15.5 Å². The maximum absolute atomic E-state index is 11.2. The summed E-state index contributed by atoms with van der Waals surface area (Å²) in [5, 5.41) is 24.1. The monoisotopic (exact) mass is 553 g/mol. The second kappa shape index (κ2) is 13.1. The van der Waals surface area contributed by atoms with Crippen molar-refractivity contribution < 1.29 is 24.2 Å². The normalized spacial score (nSPS) is 21.6. The third-order valence-electron chi connectivity index (χ3n) is 6.66. The van der Waals surface area contributed by atoms with Crippen LogP contribution in [0.3, 0.4) is 0 Å². The Kier molecular flexibility index (Phi) is 9.91. The minimum Gasteiger partial charge on any atom is -0.396 e. The average molecular weight is 554 g/mol. The molecule has 2 aromatic rings. The summed E-state index contributed by atoms with van der Waals surface area (Å²) < 4.78 is 18.8. The molecule has 2 saturated heterocycles. The highest BCUT2D eigenvalue weighted by atomic mass is 31.2. The standard InChI is InChI=1S/C23H40N9O5P/c1-17-14-31(15-18(2)37-17)22-12-21(25-19-4-7-30(8-5-19)9-11-38(34,35)36)26-23(27-22)24-13-20-16-32(29-28-20)6-3-10-33/h12,16-19,33H,3-11,13-15H2,1-2H3,(H2,34,35,36)(H2,24,25,26,27). The number of aromatic nitrogens is 5. The Hall–Kier alpha value is -2.35. The topological polar surface area (TPSA) is 174 Å². The van der Waals surface area contributed by atoms with E-state index < -0.39 is 7.60 Å². The van der Waals surface area contributed by atoms with Crippen LogP contribution in [0.15, 0.2) is 12.3 Å². The van der Waals surface area contributed by atoms with E-state index in [0.717, 1.165) is 56.4 Å². The van der Waals surface area contributed by atoms with Crippen LogP contribution in [0, 0.1) is 0 Å². The molecular formula is C23H40N9O5P. The number of hydrogen-bond acceptors (Lipinski definition) is 11. The van der Waals surface area contributed by atoms with Gasteiger partial charge < -0.3 is 40.1 Å². The molecule has 0 aliphatic carbocycles. The molecule has 0 amide bonds. The number of aliphatic hydroxyl groups excluding tert-OH is 1. The lowest BCUT2D eigenvalue weighted by atomic mass is 10.1. The van der Waals surface area contributed by atoms with E-state index in [2.05, 4.69) is 44.6 Å². The number of nitrogens with zero attached hydrogens (tertiary/aromatic N) is 7. The van der Waals surface area contributed by atoms with Crippen molar-refractivity contribution in [1.82, 2.24) is 29.9 Å². The summed E-state index contributed by atoms with van der Waals surface area (Å²) in [6.07, 6.45) is 4.24. The summed E-state index contributed by atoms with van der Waals surface area (Å²) in [6, 6.07) is 2.17. The molecule has 0 aromatic carbocycles. The van der Waals surface area contributed by atoms with Crippen molar-refractivity contribution in [2.24, 2.45) is 0 Å². The average Bonchev–Trinajstić information content (AvgIpc) is 3.32. The molecule has 2 aliphatic rings. The van der Waals surface area contributed by atoms with Gasteiger partial charge in [0.15, 0.2) is 0 Å². The summed E-state index contributed by atoms with van der Waals surface area (Å²) >= 11 is 0. The molecule has 2 atom stereocenters. The Balaban J connectivity index is 1.42. The van der Waals surface area contributed by atoms with Gasteiger partial charge in [-0.2, -0.15) is 9.97 Å². The van der Waals surface area contributed by atoms with Gasteiger partial charge in [0.1, 0.15) is 17.3 Å². The highest BCUT2D eigenvalue weighted by molar-refractivity contribution is 7.51. The van der Waals surface area contributed by atoms with Crippen molar-refractivity contribution in [3.05, 3.63) is 18.0 Å². The van der Waals surface area contributed by atoms with Gasteiger partial charge in [-0.25, -0.2) is 0 Å². The number of aryl methyl sites for hydroxylation is 1. The Morgan fingerprint density at radius 3 is 2.55 bits per heavy atom. The van der Waals surface area contributed by atoms with E-state index in [0.29, 0.717) is 32.0 Å². The molecular weight excluding hydrogens is 513 g/mol. The number of rotatable bonds is 12. The molecule has 5 N–H and O–H groups in total. The van der Waals surface area contributed by atoms with Crippen LogP contribution >= 0.6 is 7.60 Å². The quantitative estimate of drug-likeness (QED) is 0.233. The maximum Gasteiger partial charge on any atom is 0.326 e. The van der Waals surface area contributed by atoms with E-state index in [1.165, 1.54) is 0 Å². The Bertz CT molecular complexity index is 1070. The van der Waals surface area contributed by atoms with E-state index in [1.807, 2.05) is 12.3 Å². The van der Waals surface area contributed by atoms with Gasteiger partial charge in [0.25, 0.3) is 0 Å². The molecule has 2 aliphatic heterocycles. The fraction of sp³-hybridized carbons (Fsp3) is 0.739. The number of piperidine rings is 1. The van der Waals surface area contributed by atoms with E-state index in [1.54, 1.807) is 4.68 Å². The van der Waals surface area contributed by atoms with Gasteiger partial charge in [-0.15, -0.1) is 5.10 Å². The molecule has 0 saturated carbocycles. The highest BCUT2D eigenvalue weighted by Crippen LogP contribution is 2.34. The first kappa shape index (κ1) is 28.7. The van der Waals surface area contributed by atoms with Crippen molar-refractivity contribution >= 4 is 25.2 Å². The zero-order chi connectivity index (χ0) is 27.1. The summed E-state index contributed by atoms with van der Waals surface area (Å²) in [5.74, 6) is 2.03. The zero-order valence-electron chi connectivity index (χ0n) is 22.1. The van der Waals surface area contributed by atoms with Gasteiger partial charge in [0.05, 0.1) is 31.1 Å². The first-order valence-electron chi connectivity index (χ1n) is 13.2. The second-order valence-corrected chi connectivity index (χ2v) is 11.9. The molecule has 14 nitrogen and oxygen atoms in total. The van der Waals surface area contributed by atoms with E-state index >= 15 is 0 Å². The number of aliphatic hydroxyl groups is 1. The van der Waals surface area contributed by atoms with Crippen LogP contribution in [0.4, 0.5) is 17.6 Å². The van der Waals surface area contributed by atoms with E-state index in [4.69, 9.17) is 29.6 Å². The lowest BCUT2D eigenvalue weighted by Gasteiger charge is -2.36. The van der Waals surface area contributed by atoms with Gasteiger partial charge in [0.2, 0.25) is 5.95 Å². The van der Waals surface area contributed by atoms with Crippen molar-refractivity contribution in [3.63, 3.8) is 0 Å². The Morgan fingerprint density at radius 1 is 1.13 bits per heavy atom. The minimum absolute atomic E-state index is 0.0907. The van der Waals surface area contributed by atoms with Crippen LogP contribution in [-0.2, 0) is 22.4 Å². The summed E-state index contributed by atoms with van der Waals surface area (Å²) in [7, 11) is -3.98. The fourth-order valence-corrected chi connectivity index (χ4v) is 5.37. The number of hydrogen-bond donors (Lipinski definition) is 5. The molecule has 212 valence electrons. The van der Waals surface area contributed by atoms with Gasteiger partial charge >= 0.3 is 7.60 Å². The molecule has 4 rings (SSSR count). The summed E-state index contributed by atoms with van der Waals surface area (Å²) in [4.78, 5) is 32.1. The van der Waals surface area contributed by atoms with Crippen molar-refractivity contribution in [1.29, 1.82) is 0 Å². The smallest absolute Gasteiger partial charge is 0.326 e. The number of ether oxygens (including phenoxy) is 1. The number of morpholine rings is 1. The van der Waals surface area contributed by atoms with Gasteiger partial charge in [-0.05, 0) is 33.1 Å². The third-order valence-corrected chi connectivity index (χ3v) is 7.44. The zero-order valence-corrected chi connectivity index (χ0v) is 23.0. The summed E-state index contributed by atoms with van der Waals surface area (Å²) in [5.41, 5.74) is 0.753. The maximum atomic E-state index is 11.2. The molecule has 0 spiro atoms. The van der Waals surface area contributed by atoms with Crippen LogP contribution in [0.2, 0.25) is 0 Å². The predicted molar refractivity (Wildman–Crippen MR) is 143 cm³/mol. The van der Waals surface area contributed by atoms with Crippen LogP contribution in [0.25, 0.3) is 0 Å². The van der Waals surface area contributed by atoms with Crippen LogP contribution in [0.5, 0.6) is 0 Å². The van der Waals surface area contributed by atoms with Gasteiger partial charge in [-0.3, -0.25) is 9.25 Å². The van der Waals surface area contributed by atoms with E-state index in [9.17, 15) is 4.57 Å². The molecule has 38 heavy (non-hydrogen) atoms. The Labute approximate surface area is 222 Å². The molecule has 2 unspecified atom stereocenters. The Morgan fingerprint density at radius 2 is 1.87 bits per heavy atom. The van der Waals surface area contributed by atoms with E-state index in [-0.39, 0.29) is 31.0 Å². The predicted octanol–water partition coefficient (Wildman–Crippen LogP) is 0.730. The molecule has 15 heteroatoms. The minimum atomic E-state index is -3.98. The number of likely N-dealkylation sites (tertiary alicyclic amines) is 1. The molecule has 2 fully saturated rings. The van der Waals surface area contributed by atoms with Crippen molar-refractivity contribution in [3.8, 4) is 0 Å². The highest BCUT2D eigenvalue weighted by Gasteiger charge is 2.26. The van der Waals surface area contributed by atoms with Crippen LogP contribution in [-0.4, -0.2) is 108 Å². The molecule has 2 aromatic heterocycles. The first-order valence-corrected chi connectivity index (χ1v) is 15.0. The SMILES string of the molecule is CC1CN(c2cc(NC3CCN(CCP(=O)(O)O)CC3)nc(NCc3cn(CCCO)nn3)n2)CC(C)O1. The molecule has 0 radical (unpaired) electrons. The largest absolute Gasteiger partial charge is 0.396 e. The van der Waals surface area contributed by atoms with Gasteiger partial charge in [0, 0.05) is 58.0 Å². The second-order valence-electron chi connectivity index (χ2n) is 10.1. The molecule has 4 heterocycles. The molecule has 0 bridgehead atoms. The lowest BCUT2D eigenvalue weighted by molar-refractivity contribution is -0.00546. The fourth-order valence-electron chi connectivity index (χ4n) is 4.83.